The first-order valence-corrected chi connectivity index (χ1v) is 6.86. The van der Waals surface area contributed by atoms with Crippen LogP contribution >= 0.6 is 0 Å². The number of hydrogen-bond acceptors (Lipinski definition) is 5. The average Bonchev–Trinajstić information content (AvgIpc) is 2.46. The number of nitrogens with zero attached hydrogens (tertiary/aromatic N) is 3. The fraction of sp³-hybridized carbons (Fsp3) is 0.692. The van der Waals surface area contributed by atoms with Gasteiger partial charge in [-0.3, -0.25) is 0 Å². The molecule has 0 radical (unpaired) electrons. The second-order valence-corrected chi connectivity index (χ2v) is 4.90. The molecule has 0 spiro atoms. The number of nitrogens with one attached hydrogen (secondary N) is 1. The van der Waals surface area contributed by atoms with Crippen molar-refractivity contribution < 1.29 is 9.50 Å². The highest BCUT2D eigenvalue weighted by atomic mass is 19.1. The van der Waals surface area contributed by atoms with Crippen molar-refractivity contribution in [3.8, 4) is 0 Å². The van der Waals surface area contributed by atoms with E-state index in [1.807, 2.05) is 4.90 Å². The van der Waals surface area contributed by atoms with E-state index in [0.717, 1.165) is 38.9 Å². The van der Waals surface area contributed by atoms with E-state index < -0.39 is 0 Å². The summed E-state index contributed by atoms with van der Waals surface area (Å²) in [4.78, 5) is 10.1. The Labute approximate surface area is 112 Å². The molecule has 1 aliphatic heterocycles. The summed E-state index contributed by atoms with van der Waals surface area (Å²) in [7, 11) is 0. The van der Waals surface area contributed by atoms with E-state index in [1.54, 1.807) is 0 Å². The molecule has 1 aromatic rings. The van der Waals surface area contributed by atoms with Crippen LogP contribution in [-0.4, -0.2) is 41.3 Å². The summed E-state index contributed by atoms with van der Waals surface area (Å²) >= 11 is 0. The average molecular weight is 268 g/mol. The maximum Gasteiger partial charge on any atom is 0.224 e. The van der Waals surface area contributed by atoms with Gasteiger partial charge in [-0.05, 0) is 25.2 Å². The summed E-state index contributed by atoms with van der Waals surface area (Å²) in [6.45, 7) is 4.50. The lowest BCUT2D eigenvalue weighted by atomic mass is 9.98. The Bertz CT molecular complexity index is 408. The second-order valence-electron chi connectivity index (χ2n) is 4.90. The topological polar surface area (TPSA) is 61.3 Å². The van der Waals surface area contributed by atoms with E-state index in [-0.39, 0.29) is 12.4 Å². The number of hydrogen-bond donors (Lipinski definition) is 2. The first-order chi connectivity index (χ1) is 9.24. The molecule has 1 aromatic heterocycles. The van der Waals surface area contributed by atoms with Gasteiger partial charge in [-0.2, -0.15) is 4.98 Å². The second kappa shape index (κ2) is 6.65. The van der Waals surface area contributed by atoms with Gasteiger partial charge in [-0.25, -0.2) is 9.37 Å². The van der Waals surface area contributed by atoms with E-state index in [0.29, 0.717) is 17.7 Å². The highest BCUT2D eigenvalue weighted by molar-refractivity contribution is 5.44. The summed E-state index contributed by atoms with van der Waals surface area (Å²) in [5.74, 6) is 0.788. The Kier molecular flexibility index (Phi) is 4.90. The van der Waals surface area contributed by atoms with Crippen LogP contribution in [0.25, 0.3) is 0 Å². The number of rotatable bonds is 5. The molecule has 0 atom stereocenters. The van der Waals surface area contributed by atoms with Crippen molar-refractivity contribution in [1.29, 1.82) is 0 Å². The molecule has 0 bridgehead atoms. The molecule has 0 aliphatic carbocycles. The molecule has 6 heteroatoms. The van der Waals surface area contributed by atoms with Crippen molar-refractivity contribution in [2.75, 3.05) is 36.5 Å². The first-order valence-electron chi connectivity index (χ1n) is 6.86. The number of aromatic nitrogens is 2. The molecule has 0 aromatic carbocycles. The van der Waals surface area contributed by atoms with Crippen LogP contribution in [0.4, 0.5) is 16.2 Å². The summed E-state index contributed by atoms with van der Waals surface area (Å²) in [6, 6.07) is 0. The third kappa shape index (κ3) is 3.53. The zero-order valence-corrected chi connectivity index (χ0v) is 11.3. The highest BCUT2D eigenvalue weighted by Gasteiger charge is 2.22. The fourth-order valence-electron chi connectivity index (χ4n) is 2.23. The minimum absolute atomic E-state index is 0.212. The van der Waals surface area contributed by atoms with Gasteiger partial charge in [0.05, 0.1) is 6.20 Å². The monoisotopic (exact) mass is 268 g/mol. The van der Waals surface area contributed by atoms with Crippen LogP contribution in [0.3, 0.4) is 0 Å². The number of anilines is 2. The molecule has 1 saturated heterocycles. The molecule has 0 amide bonds. The SMILES string of the molecule is CCCNc1ncc(F)c(N2CCC(CO)CC2)n1. The van der Waals surface area contributed by atoms with Crippen molar-refractivity contribution in [3.05, 3.63) is 12.0 Å². The Morgan fingerprint density at radius 3 is 2.84 bits per heavy atom. The van der Waals surface area contributed by atoms with Gasteiger partial charge in [0.2, 0.25) is 5.95 Å². The fourth-order valence-corrected chi connectivity index (χ4v) is 2.23. The number of halogens is 1. The lowest BCUT2D eigenvalue weighted by molar-refractivity contribution is 0.202. The van der Waals surface area contributed by atoms with Gasteiger partial charge in [0.1, 0.15) is 0 Å². The molecule has 5 nitrogen and oxygen atoms in total. The summed E-state index contributed by atoms with van der Waals surface area (Å²) < 4.78 is 13.8. The van der Waals surface area contributed by atoms with E-state index in [9.17, 15) is 4.39 Å². The first kappa shape index (κ1) is 14.0. The molecule has 2 N–H and O–H groups in total. The van der Waals surface area contributed by atoms with Crippen LogP contribution in [-0.2, 0) is 0 Å². The lowest BCUT2D eigenvalue weighted by Crippen LogP contribution is -2.36. The Morgan fingerprint density at radius 2 is 2.21 bits per heavy atom. The van der Waals surface area contributed by atoms with Crippen molar-refractivity contribution in [2.45, 2.75) is 26.2 Å². The molecule has 1 aliphatic rings. The Balaban J connectivity index is 2.06. The zero-order chi connectivity index (χ0) is 13.7. The predicted octanol–water partition coefficient (Wildman–Crippen LogP) is 1.65. The van der Waals surface area contributed by atoms with Gasteiger partial charge in [0.15, 0.2) is 11.6 Å². The van der Waals surface area contributed by atoms with Gasteiger partial charge >= 0.3 is 0 Å². The molecule has 1 fully saturated rings. The van der Waals surface area contributed by atoms with E-state index in [4.69, 9.17) is 5.11 Å². The standard InChI is InChI=1S/C13H21FN4O/c1-2-5-15-13-16-8-11(14)12(17-13)18-6-3-10(9-19)4-7-18/h8,10,19H,2-7,9H2,1H3,(H,15,16,17). The van der Waals surface area contributed by atoms with E-state index >= 15 is 0 Å². The van der Waals surface area contributed by atoms with Crippen molar-refractivity contribution in [3.63, 3.8) is 0 Å². The van der Waals surface area contributed by atoms with Crippen molar-refractivity contribution in [2.24, 2.45) is 5.92 Å². The van der Waals surface area contributed by atoms with Gasteiger partial charge in [-0.15, -0.1) is 0 Å². The molecular weight excluding hydrogens is 247 g/mol. The van der Waals surface area contributed by atoms with E-state index in [2.05, 4.69) is 22.2 Å². The number of aliphatic hydroxyl groups excluding tert-OH is 1. The third-order valence-electron chi connectivity index (χ3n) is 3.43. The van der Waals surface area contributed by atoms with Crippen LogP contribution in [0.2, 0.25) is 0 Å². The van der Waals surface area contributed by atoms with Gasteiger partial charge < -0.3 is 15.3 Å². The van der Waals surface area contributed by atoms with Crippen molar-refractivity contribution in [1.82, 2.24) is 9.97 Å². The minimum atomic E-state index is -0.385. The molecule has 19 heavy (non-hydrogen) atoms. The van der Waals surface area contributed by atoms with Gasteiger partial charge in [0, 0.05) is 26.2 Å². The maximum absolute atomic E-state index is 13.8. The smallest absolute Gasteiger partial charge is 0.224 e. The minimum Gasteiger partial charge on any atom is -0.396 e. The summed E-state index contributed by atoms with van der Waals surface area (Å²) in [6.07, 6.45) is 3.94. The molecule has 2 heterocycles. The third-order valence-corrected chi connectivity index (χ3v) is 3.43. The number of aliphatic hydroxyl groups is 1. The van der Waals surface area contributed by atoms with E-state index in [1.165, 1.54) is 6.20 Å². The van der Waals surface area contributed by atoms with Crippen LogP contribution in [0, 0.1) is 11.7 Å². The van der Waals surface area contributed by atoms with Crippen LogP contribution in [0.15, 0.2) is 6.20 Å². The largest absolute Gasteiger partial charge is 0.396 e. The van der Waals surface area contributed by atoms with Crippen LogP contribution < -0.4 is 10.2 Å². The molecule has 106 valence electrons. The van der Waals surface area contributed by atoms with Gasteiger partial charge in [-0.1, -0.05) is 6.92 Å². The van der Waals surface area contributed by atoms with Crippen LogP contribution in [0.1, 0.15) is 26.2 Å². The molecular formula is C13H21FN4O. The van der Waals surface area contributed by atoms with Crippen molar-refractivity contribution >= 4 is 11.8 Å². The predicted molar refractivity (Wildman–Crippen MR) is 72.8 cm³/mol. The van der Waals surface area contributed by atoms with Crippen LogP contribution in [0.5, 0.6) is 0 Å². The van der Waals surface area contributed by atoms with Gasteiger partial charge in [0.25, 0.3) is 0 Å². The lowest BCUT2D eigenvalue weighted by Gasteiger charge is -2.32. The molecule has 0 unspecified atom stereocenters. The summed E-state index contributed by atoms with van der Waals surface area (Å²) in [5.41, 5.74) is 0. The quantitative estimate of drug-likeness (QED) is 0.850. The Morgan fingerprint density at radius 1 is 1.47 bits per heavy atom. The summed E-state index contributed by atoms with van der Waals surface area (Å²) in [5, 5.41) is 12.2. The Hall–Kier alpha value is -1.43. The molecule has 0 saturated carbocycles. The zero-order valence-electron chi connectivity index (χ0n) is 11.3. The molecule has 2 rings (SSSR count). The normalized spacial score (nSPS) is 16.7. The number of piperidine rings is 1. The maximum atomic E-state index is 13.8. The highest BCUT2D eigenvalue weighted by Crippen LogP contribution is 2.24.